The maximum atomic E-state index is 6.70. The van der Waals surface area contributed by atoms with E-state index in [9.17, 15) is 0 Å². The summed E-state index contributed by atoms with van der Waals surface area (Å²) in [6, 6.07) is 38.2. The van der Waals surface area contributed by atoms with Gasteiger partial charge in [-0.25, -0.2) is 0 Å². The number of benzene rings is 4. The summed E-state index contributed by atoms with van der Waals surface area (Å²) in [6.07, 6.45) is 4.64. The average molecular weight is 605 g/mol. The molecule has 0 saturated carbocycles. The molecule has 5 aromatic rings. The number of nitrogens with zero attached hydrogens (tertiary/aromatic N) is 1. The minimum absolute atomic E-state index is 0.0618. The molecule has 226 valence electrons. The Morgan fingerprint density at radius 3 is 2.36 bits per heavy atom. The number of hydrogen-bond donors (Lipinski definition) is 1. The van der Waals surface area contributed by atoms with E-state index in [1.807, 2.05) is 42.4 Å². The summed E-state index contributed by atoms with van der Waals surface area (Å²) in [6.45, 7) is 4.32. The van der Waals surface area contributed by atoms with Gasteiger partial charge in [0.1, 0.15) is 5.75 Å². The van der Waals surface area contributed by atoms with Crippen LogP contribution in [-0.4, -0.2) is 43.1 Å². The van der Waals surface area contributed by atoms with Gasteiger partial charge in [-0.15, -0.1) is 11.8 Å². The van der Waals surface area contributed by atoms with E-state index in [-0.39, 0.29) is 12.0 Å². The monoisotopic (exact) mass is 604 g/mol. The topological polar surface area (TPSA) is 52.6 Å². The third-order valence-electron chi connectivity index (χ3n) is 8.13. The van der Waals surface area contributed by atoms with Crippen molar-refractivity contribution in [1.82, 2.24) is 10.3 Å². The molecular weight excluding hydrogens is 564 g/mol. The summed E-state index contributed by atoms with van der Waals surface area (Å²) in [5.74, 6) is 2.57. The molecule has 0 radical (unpaired) electrons. The Morgan fingerprint density at radius 1 is 0.727 bits per heavy atom. The van der Waals surface area contributed by atoms with Crippen LogP contribution in [0.3, 0.4) is 0 Å². The van der Waals surface area contributed by atoms with Gasteiger partial charge in [0.25, 0.3) is 0 Å². The lowest BCUT2D eigenvalue weighted by atomic mass is 9.80. The average Bonchev–Trinajstić information content (AvgIpc) is 3.09. The Morgan fingerprint density at radius 2 is 1.52 bits per heavy atom. The SMILES string of the molecule is c1ccc(COCCCOc2ccc([C@@H]3[C@H](CSc4ccncc4)CNC[C@@H]3OCc3ccc4ccccc4c3)cc2)cc1. The standard InChI is InChI=1S/C38H40N2O3S/c1-2-7-29(8-3-1)26-41-21-6-22-42-35-15-13-32(14-16-35)38-34(28-44-36-17-19-39-20-18-36)24-40-25-37(38)43-27-30-11-12-31-9-4-5-10-33(31)23-30/h1-5,7-20,23,34,37-38,40H,6,21-22,24-28H2/t34-,37-,38+/m0/s1. The second-order valence-corrected chi connectivity index (χ2v) is 12.4. The van der Waals surface area contributed by atoms with Crippen molar-refractivity contribution in [3.05, 3.63) is 138 Å². The lowest BCUT2D eigenvalue weighted by molar-refractivity contribution is -0.00264. The van der Waals surface area contributed by atoms with E-state index in [1.165, 1.54) is 32.4 Å². The molecule has 0 aliphatic carbocycles. The number of aromatic nitrogens is 1. The smallest absolute Gasteiger partial charge is 0.119 e. The van der Waals surface area contributed by atoms with Crippen molar-refractivity contribution in [3.8, 4) is 5.75 Å². The van der Waals surface area contributed by atoms with Gasteiger partial charge in [-0.1, -0.05) is 78.9 Å². The summed E-state index contributed by atoms with van der Waals surface area (Å²) >= 11 is 1.89. The maximum Gasteiger partial charge on any atom is 0.119 e. The molecular formula is C38H40N2O3S. The van der Waals surface area contributed by atoms with E-state index in [4.69, 9.17) is 14.2 Å². The van der Waals surface area contributed by atoms with E-state index in [2.05, 4.69) is 101 Å². The van der Waals surface area contributed by atoms with E-state index in [0.29, 0.717) is 32.3 Å². The van der Waals surface area contributed by atoms with Gasteiger partial charge in [0.2, 0.25) is 0 Å². The van der Waals surface area contributed by atoms with E-state index in [0.717, 1.165) is 31.0 Å². The van der Waals surface area contributed by atoms with Crippen LogP contribution in [0.4, 0.5) is 0 Å². The summed E-state index contributed by atoms with van der Waals surface area (Å²) in [7, 11) is 0. The number of pyridine rings is 1. The van der Waals surface area contributed by atoms with Crippen molar-refractivity contribution in [2.24, 2.45) is 5.92 Å². The zero-order chi connectivity index (χ0) is 29.8. The van der Waals surface area contributed by atoms with Crippen molar-refractivity contribution in [3.63, 3.8) is 0 Å². The Hall–Kier alpha value is -3.68. The molecule has 0 spiro atoms. The highest BCUT2D eigenvalue weighted by Gasteiger charge is 2.35. The minimum atomic E-state index is 0.0618. The predicted molar refractivity (Wildman–Crippen MR) is 179 cm³/mol. The van der Waals surface area contributed by atoms with Crippen molar-refractivity contribution in [2.75, 3.05) is 32.1 Å². The van der Waals surface area contributed by atoms with E-state index in [1.54, 1.807) is 0 Å². The van der Waals surface area contributed by atoms with Crippen LogP contribution < -0.4 is 10.1 Å². The van der Waals surface area contributed by atoms with Crippen LogP contribution in [0.2, 0.25) is 0 Å². The van der Waals surface area contributed by atoms with Crippen molar-refractivity contribution in [2.45, 2.75) is 36.6 Å². The number of thioether (sulfide) groups is 1. The Balaban J connectivity index is 1.08. The number of hydrogen-bond acceptors (Lipinski definition) is 6. The lowest BCUT2D eigenvalue weighted by Gasteiger charge is -2.39. The fourth-order valence-electron chi connectivity index (χ4n) is 5.85. The van der Waals surface area contributed by atoms with Gasteiger partial charge in [0.15, 0.2) is 0 Å². The summed E-state index contributed by atoms with van der Waals surface area (Å²) in [4.78, 5) is 5.42. The molecule has 44 heavy (non-hydrogen) atoms. The first-order chi connectivity index (χ1) is 21.8. The van der Waals surface area contributed by atoms with Gasteiger partial charge in [-0.2, -0.15) is 0 Å². The van der Waals surface area contributed by atoms with Crippen LogP contribution in [0, 0.1) is 5.92 Å². The fraction of sp³-hybridized carbons (Fsp3) is 0.289. The third kappa shape index (κ3) is 8.48. The summed E-state index contributed by atoms with van der Waals surface area (Å²) < 4.78 is 18.6. The number of rotatable bonds is 14. The molecule has 6 heteroatoms. The van der Waals surface area contributed by atoms with Gasteiger partial charge >= 0.3 is 0 Å². The van der Waals surface area contributed by atoms with Gasteiger partial charge in [0.05, 0.1) is 32.5 Å². The van der Waals surface area contributed by atoms with Crippen LogP contribution in [0.5, 0.6) is 5.75 Å². The molecule has 1 aromatic heterocycles. The molecule has 3 atom stereocenters. The van der Waals surface area contributed by atoms with Gasteiger partial charge in [-0.3, -0.25) is 4.98 Å². The highest BCUT2D eigenvalue weighted by Crippen LogP contribution is 2.37. The molecule has 1 N–H and O–H groups in total. The molecule has 0 unspecified atom stereocenters. The lowest BCUT2D eigenvalue weighted by Crippen LogP contribution is -2.47. The molecule has 1 aliphatic rings. The second-order valence-electron chi connectivity index (χ2n) is 11.3. The van der Waals surface area contributed by atoms with Crippen LogP contribution in [0.25, 0.3) is 10.8 Å². The zero-order valence-electron chi connectivity index (χ0n) is 25.0. The molecule has 1 fully saturated rings. The number of fused-ring (bicyclic) bond motifs is 1. The Labute approximate surface area is 265 Å². The largest absolute Gasteiger partial charge is 0.494 e. The molecule has 1 saturated heterocycles. The van der Waals surface area contributed by atoms with Crippen molar-refractivity contribution < 1.29 is 14.2 Å². The van der Waals surface area contributed by atoms with Gasteiger partial charge < -0.3 is 19.5 Å². The molecule has 1 aliphatic heterocycles. The molecule has 0 amide bonds. The van der Waals surface area contributed by atoms with E-state index < -0.39 is 0 Å². The maximum absolute atomic E-state index is 6.70. The zero-order valence-corrected chi connectivity index (χ0v) is 25.8. The quantitative estimate of drug-likeness (QED) is 0.103. The highest BCUT2D eigenvalue weighted by molar-refractivity contribution is 7.99. The Kier molecular flexibility index (Phi) is 10.9. The third-order valence-corrected chi connectivity index (χ3v) is 9.33. The first-order valence-corrected chi connectivity index (χ1v) is 16.5. The van der Waals surface area contributed by atoms with Crippen molar-refractivity contribution >= 4 is 22.5 Å². The van der Waals surface area contributed by atoms with Crippen LogP contribution in [-0.2, 0) is 22.7 Å². The Bertz CT molecular complexity index is 1570. The number of piperidine rings is 1. The number of ether oxygens (including phenoxy) is 3. The van der Waals surface area contributed by atoms with Gasteiger partial charge in [-0.05, 0) is 70.3 Å². The second kappa shape index (κ2) is 15.9. The molecule has 0 bridgehead atoms. The van der Waals surface area contributed by atoms with Crippen LogP contribution in [0.15, 0.2) is 126 Å². The normalized spacial score (nSPS) is 18.3. The first kappa shape index (κ1) is 30.4. The highest BCUT2D eigenvalue weighted by atomic mass is 32.2. The molecule has 6 rings (SSSR count). The molecule has 4 aromatic carbocycles. The van der Waals surface area contributed by atoms with Crippen LogP contribution in [0.1, 0.15) is 29.0 Å². The number of nitrogens with one attached hydrogen (secondary N) is 1. The summed E-state index contributed by atoms with van der Waals surface area (Å²) in [5, 5.41) is 6.17. The predicted octanol–water partition coefficient (Wildman–Crippen LogP) is 7.90. The fourth-order valence-corrected chi connectivity index (χ4v) is 6.90. The van der Waals surface area contributed by atoms with Crippen molar-refractivity contribution in [1.29, 1.82) is 0 Å². The van der Waals surface area contributed by atoms with E-state index >= 15 is 0 Å². The van der Waals surface area contributed by atoms with Gasteiger partial charge in [0, 0.05) is 41.9 Å². The van der Waals surface area contributed by atoms with Crippen LogP contribution >= 0.6 is 11.8 Å². The summed E-state index contributed by atoms with van der Waals surface area (Å²) in [5.41, 5.74) is 3.69. The molecule has 5 nitrogen and oxygen atoms in total. The molecule has 2 heterocycles. The minimum Gasteiger partial charge on any atom is -0.494 e. The first-order valence-electron chi connectivity index (χ1n) is 15.5.